The second-order valence-electron chi connectivity index (χ2n) is 4.56. The van der Waals surface area contributed by atoms with E-state index < -0.39 is 6.29 Å². The Labute approximate surface area is 101 Å². The van der Waals surface area contributed by atoms with E-state index in [-0.39, 0.29) is 5.60 Å². The van der Waals surface area contributed by atoms with Gasteiger partial charge in [-0.2, -0.15) is 0 Å². The largest absolute Gasteiger partial charge is 0.368 e. The molecule has 0 amide bonds. The number of hydrogen-bond acceptors (Lipinski definition) is 3. The summed E-state index contributed by atoms with van der Waals surface area (Å²) in [5.74, 6) is 0.465. The van der Waals surface area contributed by atoms with Gasteiger partial charge in [0.1, 0.15) is 0 Å². The summed E-state index contributed by atoms with van der Waals surface area (Å²) in [6, 6.07) is 0. The van der Waals surface area contributed by atoms with E-state index in [1.165, 1.54) is 0 Å². The van der Waals surface area contributed by atoms with Crippen LogP contribution in [0, 0.1) is 5.92 Å². The number of aliphatic hydroxyl groups excluding tert-OH is 1. The number of rotatable bonds is 9. The molecule has 0 saturated carbocycles. The van der Waals surface area contributed by atoms with Crippen LogP contribution in [0.5, 0.6) is 0 Å². The first-order valence-electron chi connectivity index (χ1n) is 6.56. The second kappa shape index (κ2) is 8.04. The minimum Gasteiger partial charge on any atom is -0.368 e. The summed E-state index contributed by atoms with van der Waals surface area (Å²) in [5.41, 5.74) is -0.187. The maximum atomic E-state index is 9.73. The Morgan fingerprint density at radius 1 is 1.25 bits per heavy atom. The van der Waals surface area contributed by atoms with Crippen molar-refractivity contribution in [1.29, 1.82) is 0 Å². The van der Waals surface area contributed by atoms with Crippen molar-refractivity contribution in [1.82, 2.24) is 5.32 Å². The van der Waals surface area contributed by atoms with Gasteiger partial charge in [-0.25, -0.2) is 0 Å². The molecule has 2 N–H and O–H groups in total. The number of hydrogen-bond donors (Lipinski definition) is 2. The average Bonchev–Trinajstić information content (AvgIpc) is 2.33. The Bertz CT molecular complexity index is 175. The summed E-state index contributed by atoms with van der Waals surface area (Å²) in [4.78, 5) is 0. The molecule has 3 nitrogen and oxygen atoms in total. The highest BCUT2D eigenvalue weighted by Gasteiger charge is 2.35. The Hall–Kier alpha value is -0.120. The van der Waals surface area contributed by atoms with Gasteiger partial charge in [0.25, 0.3) is 0 Å². The highest BCUT2D eigenvalue weighted by atomic mass is 16.6. The molecule has 3 heteroatoms. The van der Waals surface area contributed by atoms with Crippen molar-refractivity contribution in [3.05, 3.63) is 0 Å². The van der Waals surface area contributed by atoms with Crippen molar-refractivity contribution in [3.8, 4) is 0 Å². The summed E-state index contributed by atoms with van der Waals surface area (Å²) in [6.07, 6.45) is 2.99. The number of nitrogens with one attached hydrogen (secondary N) is 1. The summed E-state index contributed by atoms with van der Waals surface area (Å²) >= 11 is 0. The molecule has 0 aliphatic carbocycles. The highest BCUT2D eigenvalue weighted by molar-refractivity contribution is 4.85. The van der Waals surface area contributed by atoms with Gasteiger partial charge >= 0.3 is 0 Å². The van der Waals surface area contributed by atoms with Crippen molar-refractivity contribution in [2.45, 2.75) is 65.3 Å². The first-order valence-corrected chi connectivity index (χ1v) is 6.56. The summed E-state index contributed by atoms with van der Waals surface area (Å²) in [5, 5.41) is 12.9. The molecule has 0 rings (SSSR count). The molecule has 0 aromatic carbocycles. The van der Waals surface area contributed by atoms with Gasteiger partial charge in [0.15, 0.2) is 6.29 Å². The van der Waals surface area contributed by atoms with E-state index in [4.69, 9.17) is 4.74 Å². The molecule has 3 atom stereocenters. The van der Waals surface area contributed by atoms with Gasteiger partial charge in [0, 0.05) is 0 Å². The second-order valence-corrected chi connectivity index (χ2v) is 4.56. The van der Waals surface area contributed by atoms with Gasteiger partial charge in [0.2, 0.25) is 0 Å². The first-order chi connectivity index (χ1) is 7.56. The molecule has 0 fully saturated rings. The van der Waals surface area contributed by atoms with E-state index in [1.807, 2.05) is 14.0 Å². The summed E-state index contributed by atoms with van der Waals surface area (Å²) in [7, 11) is 1.95. The third kappa shape index (κ3) is 4.40. The van der Waals surface area contributed by atoms with Crippen LogP contribution in [0.4, 0.5) is 0 Å². The Balaban J connectivity index is 4.65. The fourth-order valence-electron chi connectivity index (χ4n) is 2.09. The van der Waals surface area contributed by atoms with E-state index in [0.717, 1.165) is 25.8 Å². The maximum absolute atomic E-state index is 9.73. The molecule has 0 radical (unpaired) electrons. The molecule has 16 heavy (non-hydrogen) atoms. The summed E-state index contributed by atoms with van der Waals surface area (Å²) in [6.45, 7) is 9.40. The van der Waals surface area contributed by atoms with Gasteiger partial charge in [-0.3, -0.25) is 0 Å². The number of aliphatic hydroxyl groups is 1. The molecule has 0 heterocycles. The zero-order chi connectivity index (χ0) is 12.6. The van der Waals surface area contributed by atoms with Gasteiger partial charge < -0.3 is 15.2 Å². The smallest absolute Gasteiger partial charge is 0.155 e. The van der Waals surface area contributed by atoms with Crippen molar-refractivity contribution < 1.29 is 9.84 Å². The topological polar surface area (TPSA) is 41.5 Å². The molecule has 0 saturated heterocycles. The van der Waals surface area contributed by atoms with Crippen LogP contribution in [-0.4, -0.2) is 30.6 Å². The van der Waals surface area contributed by atoms with Crippen LogP contribution < -0.4 is 5.32 Å². The van der Waals surface area contributed by atoms with Crippen molar-refractivity contribution in [2.24, 2.45) is 5.92 Å². The summed E-state index contributed by atoms with van der Waals surface area (Å²) < 4.78 is 5.91. The van der Waals surface area contributed by atoms with Crippen molar-refractivity contribution in [3.63, 3.8) is 0 Å². The lowest BCUT2D eigenvalue weighted by Crippen LogP contribution is -2.44. The zero-order valence-electron chi connectivity index (χ0n) is 11.5. The normalized spacial score (nSPS) is 19.1. The molecular formula is C13H29NO2. The molecule has 0 aromatic heterocycles. The first kappa shape index (κ1) is 15.9. The highest BCUT2D eigenvalue weighted by Crippen LogP contribution is 2.33. The van der Waals surface area contributed by atoms with Crippen LogP contribution in [0.25, 0.3) is 0 Å². The SMILES string of the molecule is CCC(O)OC(CC)(CCNC)C(C)CC. The maximum Gasteiger partial charge on any atom is 0.155 e. The minimum absolute atomic E-state index is 0.187. The molecular weight excluding hydrogens is 202 g/mol. The predicted molar refractivity (Wildman–Crippen MR) is 68.4 cm³/mol. The van der Waals surface area contributed by atoms with Crippen LogP contribution in [0.3, 0.4) is 0 Å². The van der Waals surface area contributed by atoms with E-state index >= 15 is 0 Å². The number of ether oxygens (including phenoxy) is 1. The van der Waals surface area contributed by atoms with Crippen LogP contribution in [0.2, 0.25) is 0 Å². The third-order valence-corrected chi connectivity index (χ3v) is 3.63. The van der Waals surface area contributed by atoms with Crippen molar-refractivity contribution in [2.75, 3.05) is 13.6 Å². The molecule has 3 unspecified atom stereocenters. The van der Waals surface area contributed by atoms with E-state index in [9.17, 15) is 5.11 Å². The standard InChI is InChI=1S/C13H29NO2/c1-6-11(4)13(8-3,9-10-14-5)16-12(15)7-2/h11-12,14-15H,6-10H2,1-5H3. The lowest BCUT2D eigenvalue weighted by molar-refractivity contribution is -0.209. The fourth-order valence-corrected chi connectivity index (χ4v) is 2.09. The third-order valence-electron chi connectivity index (χ3n) is 3.63. The molecule has 98 valence electrons. The van der Waals surface area contributed by atoms with Gasteiger partial charge in [-0.15, -0.1) is 0 Å². The van der Waals surface area contributed by atoms with E-state index in [1.54, 1.807) is 0 Å². The van der Waals surface area contributed by atoms with E-state index in [2.05, 4.69) is 26.1 Å². The fraction of sp³-hybridized carbons (Fsp3) is 1.00. The van der Waals surface area contributed by atoms with Crippen molar-refractivity contribution >= 4 is 0 Å². The van der Waals surface area contributed by atoms with Crippen LogP contribution >= 0.6 is 0 Å². The lowest BCUT2D eigenvalue weighted by atomic mass is 9.81. The van der Waals surface area contributed by atoms with Crippen LogP contribution in [0.15, 0.2) is 0 Å². The molecule has 0 aromatic rings. The Morgan fingerprint density at radius 2 is 1.88 bits per heavy atom. The van der Waals surface area contributed by atoms with E-state index in [0.29, 0.717) is 12.3 Å². The molecule has 0 aliphatic rings. The quantitative estimate of drug-likeness (QED) is 0.599. The average molecular weight is 231 g/mol. The molecule has 0 spiro atoms. The van der Waals surface area contributed by atoms with Gasteiger partial charge in [-0.05, 0) is 38.8 Å². The molecule has 0 bridgehead atoms. The monoisotopic (exact) mass is 231 g/mol. The van der Waals surface area contributed by atoms with Gasteiger partial charge in [0.05, 0.1) is 5.60 Å². The molecule has 0 aliphatic heterocycles. The minimum atomic E-state index is -0.634. The van der Waals surface area contributed by atoms with Crippen LogP contribution in [-0.2, 0) is 4.74 Å². The predicted octanol–water partition coefficient (Wildman–Crippen LogP) is 2.54. The van der Waals surface area contributed by atoms with Gasteiger partial charge in [-0.1, -0.05) is 34.1 Å². The Morgan fingerprint density at radius 3 is 2.25 bits per heavy atom. The zero-order valence-corrected chi connectivity index (χ0v) is 11.5. The Kier molecular flexibility index (Phi) is 7.98. The lowest BCUT2D eigenvalue weighted by Gasteiger charge is -2.40. The van der Waals surface area contributed by atoms with Crippen LogP contribution in [0.1, 0.15) is 53.4 Å².